The molecule has 0 radical (unpaired) electrons. The number of thiophene rings is 1. The van der Waals surface area contributed by atoms with E-state index in [0.717, 1.165) is 37.4 Å². The van der Waals surface area contributed by atoms with E-state index in [0.29, 0.717) is 16.3 Å². The minimum atomic E-state index is 0.171. The van der Waals surface area contributed by atoms with E-state index in [2.05, 4.69) is 10.2 Å². The SMILES string of the molecule is O=C(c1ccc(Cl)s1)N(CC1CCCNC1)C1CC1. The molecule has 1 aliphatic carbocycles. The third-order valence-corrected chi connectivity index (χ3v) is 5.11. The van der Waals surface area contributed by atoms with E-state index in [9.17, 15) is 4.79 Å². The minimum Gasteiger partial charge on any atom is -0.335 e. The Bertz CT molecular complexity index is 452. The standard InChI is InChI=1S/C14H19ClN2OS/c15-13-6-5-12(19-13)14(18)17(11-3-4-11)9-10-2-1-7-16-8-10/h5-6,10-11,16H,1-4,7-9H2. The summed E-state index contributed by atoms with van der Waals surface area (Å²) in [6.45, 7) is 3.06. The summed E-state index contributed by atoms with van der Waals surface area (Å²) in [6, 6.07) is 4.13. The smallest absolute Gasteiger partial charge is 0.264 e. The monoisotopic (exact) mass is 298 g/mol. The predicted octanol–water partition coefficient (Wildman–Crippen LogP) is 3.01. The van der Waals surface area contributed by atoms with Gasteiger partial charge in [-0.2, -0.15) is 0 Å². The summed E-state index contributed by atoms with van der Waals surface area (Å²) in [5.41, 5.74) is 0. The van der Waals surface area contributed by atoms with E-state index >= 15 is 0 Å². The predicted molar refractivity (Wildman–Crippen MR) is 79.0 cm³/mol. The molecule has 3 nitrogen and oxygen atoms in total. The van der Waals surface area contributed by atoms with E-state index < -0.39 is 0 Å². The molecular formula is C14H19ClN2OS. The molecule has 2 aliphatic rings. The van der Waals surface area contributed by atoms with Gasteiger partial charge in [0.25, 0.3) is 5.91 Å². The lowest BCUT2D eigenvalue weighted by molar-refractivity contribution is 0.0709. The lowest BCUT2D eigenvalue weighted by Gasteiger charge is -2.30. The van der Waals surface area contributed by atoms with Gasteiger partial charge in [0.2, 0.25) is 0 Å². The van der Waals surface area contributed by atoms with Crippen molar-refractivity contribution in [2.45, 2.75) is 31.7 Å². The molecule has 2 fully saturated rings. The van der Waals surface area contributed by atoms with Gasteiger partial charge in [0.1, 0.15) is 0 Å². The molecule has 104 valence electrons. The van der Waals surface area contributed by atoms with Crippen molar-refractivity contribution in [2.24, 2.45) is 5.92 Å². The maximum atomic E-state index is 12.6. The van der Waals surface area contributed by atoms with Crippen LogP contribution in [0.2, 0.25) is 4.34 Å². The summed E-state index contributed by atoms with van der Waals surface area (Å²) in [7, 11) is 0. The molecule has 1 amide bonds. The molecule has 1 saturated heterocycles. The molecule has 1 unspecified atom stereocenters. The zero-order valence-corrected chi connectivity index (χ0v) is 12.5. The van der Waals surface area contributed by atoms with Crippen molar-refractivity contribution in [3.63, 3.8) is 0 Å². The first-order valence-corrected chi connectivity index (χ1v) is 8.20. The Morgan fingerprint density at radius 1 is 1.42 bits per heavy atom. The molecule has 5 heteroatoms. The highest BCUT2D eigenvalue weighted by atomic mass is 35.5. The fraction of sp³-hybridized carbons (Fsp3) is 0.643. The first-order chi connectivity index (χ1) is 9.24. The van der Waals surface area contributed by atoms with Crippen LogP contribution in [0, 0.1) is 5.92 Å². The van der Waals surface area contributed by atoms with Crippen molar-refractivity contribution in [1.82, 2.24) is 10.2 Å². The largest absolute Gasteiger partial charge is 0.335 e. The second-order valence-corrected chi connectivity index (χ2v) is 7.22. The van der Waals surface area contributed by atoms with Gasteiger partial charge >= 0.3 is 0 Å². The summed E-state index contributed by atoms with van der Waals surface area (Å²) in [6.07, 6.45) is 4.77. The van der Waals surface area contributed by atoms with Gasteiger partial charge in [-0.05, 0) is 56.8 Å². The minimum absolute atomic E-state index is 0.171. The zero-order chi connectivity index (χ0) is 13.2. The van der Waals surface area contributed by atoms with Crippen LogP contribution in [0.5, 0.6) is 0 Å². The Morgan fingerprint density at radius 3 is 2.84 bits per heavy atom. The van der Waals surface area contributed by atoms with Crippen molar-refractivity contribution in [2.75, 3.05) is 19.6 Å². The lowest BCUT2D eigenvalue weighted by Crippen LogP contribution is -2.42. The quantitative estimate of drug-likeness (QED) is 0.927. The second kappa shape index (κ2) is 5.81. The van der Waals surface area contributed by atoms with Gasteiger partial charge in [0.05, 0.1) is 9.21 Å². The molecule has 19 heavy (non-hydrogen) atoms. The topological polar surface area (TPSA) is 32.3 Å². The third kappa shape index (κ3) is 3.30. The van der Waals surface area contributed by atoms with E-state index in [1.807, 2.05) is 12.1 Å². The molecule has 1 N–H and O–H groups in total. The number of hydrogen-bond acceptors (Lipinski definition) is 3. The van der Waals surface area contributed by atoms with Gasteiger partial charge in [-0.25, -0.2) is 0 Å². The molecule has 1 aliphatic heterocycles. The number of nitrogens with zero attached hydrogens (tertiary/aromatic N) is 1. The van der Waals surface area contributed by atoms with E-state index in [4.69, 9.17) is 11.6 Å². The average Bonchev–Trinajstić information content (AvgIpc) is 3.18. The van der Waals surface area contributed by atoms with Crippen LogP contribution >= 0.6 is 22.9 Å². The Hall–Kier alpha value is -0.580. The number of nitrogens with one attached hydrogen (secondary N) is 1. The molecule has 0 aromatic carbocycles. The number of halogens is 1. The van der Waals surface area contributed by atoms with Crippen LogP contribution in [0.15, 0.2) is 12.1 Å². The lowest BCUT2D eigenvalue weighted by atomic mass is 9.99. The highest BCUT2D eigenvalue weighted by molar-refractivity contribution is 7.17. The fourth-order valence-corrected chi connectivity index (χ4v) is 3.71. The van der Waals surface area contributed by atoms with Crippen LogP contribution in [0.1, 0.15) is 35.4 Å². The van der Waals surface area contributed by atoms with E-state index in [1.165, 1.54) is 24.2 Å². The molecule has 2 heterocycles. The highest BCUT2D eigenvalue weighted by Gasteiger charge is 2.35. The first kappa shape index (κ1) is 13.4. The number of hydrogen-bond donors (Lipinski definition) is 1. The Labute approximate surface area is 122 Å². The van der Waals surface area contributed by atoms with Gasteiger partial charge in [0, 0.05) is 12.6 Å². The molecule has 1 aromatic heterocycles. The van der Waals surface area contributed by atoms with Crippen LogP contribution in [0.25, 0.3) is 0 Å². The fourth-order valence-electron chi connectivity index (χ4n) is 2.71. The van der Waals surface area contributed by atoms with Crippen molar-refractivity contribution in [1.29, 1.82) is 0 Å². The molecule has 0 spiro atoms. The van der Waals surface area contributed by atoms with Crippen LogP contribution in [-0.4, -0.2) is 36.5 Å². The van der Waals surface area contributed by atoms with E-state index in [-0.39, 0.29) is 5.91 Å². The van der Waals surface area contributed by atoms with Crippen molar-refractivity contribution in [3.8, 4) is 0 Å². The van der Waals surface area contributed by atoms with Crippen LogP contribution in [0.3, 0.4) is 0 Å². The van der Waals surface area contributed by atoms with E-state index in [1.54, 1.807) is 0 Å². The molecule has 0 bridgehead atoms. The van der Waals surface area contributed by atoms with Crippen molar-refractivity contribution >= 4 is 28.8 Å². The molecule has 1 atom stereocenters. The number of carbonyl (C=O) groups excluding carboxylic acids is 1. The maximum Gasteiger partial charge on any atom is 0.264 e. The number of carbonyl (C=O) groups is 1. The van der Waals surface area contributed by atoms with Gasteiger partial charge in [-0.15, -0.1) is 11.3 Å². The summed E-state index contributed by atoms with van der Waals surface area (Å²) < 4.78 is 0.693. The van der Waals surface area contributed by atoms with Crippen molar-refractivity contribution < 1.29 is 4.79 Å². The normalized spacial score (nSPS) is 23.3. The Morgan fingerprint density at radius 2 is 2.26 bits per heavy atom. The Balaban J connectivity index is 1.68. The van der Waals surface area contributed by atoms with Gasteiger partial charge in [-0.3, -0.25) is 4.79 Å². The molecule has 1 saturated carbocycles. The number of amides is 1. The maximum absolute atomic E-state index is 12.6. The summed E-state index contributed by atoms with van der Waals surface area (Å²) in [4.78, 5) is 15.4. The summed E-state index contributed by atoms with van der Waals surface area (Å²) >= 11 is 7.32. The summed E-state index contributed by atoms with van der Waals surface area (Å²) in [5, 5.41) is 3.43. The second-order valence-electron chi connectivity index (χ2n) is 5.50. The Kier molecular flexibility index (Phi) is 4.10. The molecular weight excluding hydrogens is 280 g/mol. The van der Waals surface area contributed by atoms with Gasteiger partial charge < -0.3 is 10.2 Å². The van der Waals surface area contributed by atoms with Gasteiger partial charge in [0.15, 0.2) is 0 Å². The number of piperidine rings is 1. The van der Waals surface area contributed by atoms with Crippen LogP contribution in [-0.2, 0) is 0 Å². The van der Waals surface area contributed by atoms with Crippen LogP contribution < -0.4 is 5.32 Å². The number of rotatable bonds is 4. The highest BCUT2D eigenvalue weighted by Crippen LogP contribution is 2.32. The molecule has 1 aromatic rings. The average molecular weight is 299 g/mol. The molecule has 3 rings (SSSR count). The van der Waals surface area contributed by atoms with Gasteiger partial charge in [-0.1, -0.05) is 11.6 Å². The third-order valence-electron chi connectivity index (χ3n) is 3.89. The van der Waals surface area contributed by atoms with Crippen LogP contribution in [0.4, 0.5) is 0 Å². The first-order valence-electron chi connectivity index (χ1n) is 7.01. The van der Waals surface area contributed by atoms with Crippen molar-refractivity contribution in [3.05, 3.63) is 21.3 Å². The zero-order valence-electron chi connectivity index (χ0n) is 10.9. The summed E-state index contributed by atoms with van der Waals surface area (Å²) in [5.74, 6) is 0.777.